The molecule has 2 rings (SSSR count). The number of hydrogen-bond acceptors (Lipinski definition) is 2. The van der Waals surface area contributed by atoms with Gasteiger partial charge in [0.15, 0.2) is 0 Å². The van der Waals surface area contributed by atoms with Gasteiger partial charge in [0.25, 0.3) is 0 Å². The molecule has 0 radical (unpaired) electrons. The molecule has 1 fully saturated rings. The van der Waals surface area contributed by atoms with Crippen molar-refractivity contribution in [2.75, 3.05) is 13.2 Å². The monoisotopic (exact) mass is 289 g/mol. The highest BCUT2D eigenvalue weighted by atomic mass is 16.5. The first kappa shape index (κ1) is 16.5. The van der Waals surface area contributed by atoms with Gasteiger partial charge in [-0.2, -0.15) is 0 Å². The lowest BCUT2D eigenvalue weighted by Crippen LogP contribution is -2.32. The van der Waals surface area contributed by atoms with Crippen LogP contribution >= 0.6 is 0 Å². The van der Waals surface area contributed by atoms with Crippen molar-refractivity contribution in [1.29, 1.82) is 0 Å². The van der Waals surface area contributed by atoms with E-state index >= 15 is 0 Å². The third kappa shape index (κ3) is 6.62. The first-order valence-corrected chi connectivity index (χ1v) is 8.77. The Morgan fingerprint density at radius 3 is 2.62 bits per heavy atom. The molecule has 0 amide bonds. The Morgan fingerprint density at radius 1 is 1.14 bits per heavy atom. The van der Waals surface area contributed by atoms with Crippen LogP contribution in [0.1, 0.15) is 57.4 Å². The molecule has 1 N–H and O–H groups in total. The largest absolute Gasteiger partial charge is 0.378 e. The van der Waals surface area contributed by atoms with Crippen molar-refractivity contribution in [3.63, 3.8) is 0 Å². The van der Waals surface area contributed by atoms with Gasteiger partial charge in [-0.25, -0.2) is 0 Å². The van der Waals surface area contributed by atoms with E-state index in [-0.39, 0.29) is 0 Å². The fraction of sp³-hybridized carbons (Fsp3) is 0.684. The fourth-order valence-electron chi connectivity index (χ4n) is 3.12. The van der Waals surface area contributed by atoms with Crippen LogP contribution in [0.2, 0.25) is 0 Å². The number of benzene rings is 1. The van der Waals surface area contributed by atoms with E-state index in [0.29, 0.717) is 12.1 Å². The highest BCUT2D eigenvalue weighted by Gasteiger charge is 2.13. The van der Waals surface area contributed by atoms with E-state index in [1.165, 1.54) is 44.1 Å². The maximum absolute atomic E-state index is 5.98. The summed E-state index contributed by atoms with van der Waals surface area (Å²) in [5.41, 5.74) is 1.43. The molecule has 1 atom stereocenters. The first-order valence-electron chi connectivity index (χ1n) is 8.77. The second kappa shape index (κ2) is 9.97. The third-order valence-corrected chi connectivity index (χ3v) is 4.48. The second-order valence-corrected chi connectivity index (χ2v) is 6.23. The molecular weight excluding hydrogens is 258 g/mol. The summed E-state index contributed by atoms with van der Waals surface area (Å²) in [6, 6.07) is 11.4. The maximum atomic E-state index is 5.98. The number of ether oxygens (including phenoxy) is 1. The van der Waals surface area contributed by atoms with Crippen LogP contribution in [0.5, 0.6) is 0 Å². The predicted octanol–water partition coefficient (Wildman–Crippen LogP) is 4.34. The minimum atomic E-state index is 0.546. The van der Waals surface area contributed by atoms with Gasteiger partial charge in [0.05, 0.1) is 6.10 Å². The van der Waals surface area contributed by atoms with Crippen LogP contribution in [-0.2, 0) is 11.2 Å². The lowest BCUT2D eigenvalue weighted by molar-refractivity contribution is 0.0271. The van der Waals surface area contributed by atoms with Gasteiger partial charge in [-0.05, 0) is 44.2 Å². The summed E-state index contributed by atoms with van der Waals surface area (Å²) in [6.45, 7) is 4.25. The van der Waals surface area contributed by atoms with Crippen molar-refractivity contribution in [3.8, 4) is 0 Å². The number of hydrogen-bond donors (Lipinski definition) is 1. The van der Waals surface area contributed by atoms with Gasteiger partial charge >= 0.3 is 0 Å². The zero-order valence-electron chi connectivity index (χ0n) is 13.5. The second-order valence-electron chi connectivity index (χ2n) is 6.23. The lowest BCUT2D eigenvalue weighted by Gasteiger charge is -2.22. The lowest BCUT2D eigenvalue weighted by atomic mass is 9.98. The minimum absolute atomic E-state index is 0.546. The van der Waals surface area contributed by atoms with Gasteiger partial charge in [0.2, 0.25) is 0 Å². The molecule has 1 aromatic rings. The van der Waals surface area contributed by atoms with E-state index in [1.54, 1.807) is 0 Å². The minimum Gasteiger partial charge on any atom is -0.378 e. The Bertz CT molecular complexity index is 359. The normalized spacial score (nSPS) is 17.8. The third-order valence-electron chi connectivity index (χ3n) is 4.48. The molecule has 118 valence electrons. The molecule has 1 aromatic carbocycles. The van der Waals surface area contributed by atoms with Crippen LogP contribution in [0.4, 0.5) is 0 Å². The molecule has 21 heavy (non-hydrogen) atoms. The smallest absolute Gasteiger partial charge is 0.0575 e. The van der Waals surface area contributed by atoms with Crippen molar-refractivity contribution in [2.24, 2.45) is 0 Å². The molecule has 1 unspecified atom stereocenters. The van der Waals surface area contributed by atoms with Gasteiger partial charge in [-0.1, -0.05) is 56.5 Å². The van der Waals surface area contributed by atoms with Crippen LogP contribution < -0.4 is 5.32 Å². The van der Waals surface area contributed by atoms with Crippen LogP contribution in [0.25, 0.3) is 0 Å². The summed E-state index contributed by atoms with van der Waals surface area (Å²) in [5.74, 6) is 0. The van der Waals surface area contributed by atoms with Gasteiger partial charge in [-0.15, -0.1) is 0 Å². The van der Waals surface area contributed by atoms with E-state index in [1.807, 2.05) is 0 Å². The predicted molar refractivity (Wildman–Crippen MR) is 89.7 cm³/mol. The van der Waals surface area contributed by atoms with Crippen molar-refractivity contribution in [3.05, 3.63) is 35.9 Å². The molecular formula is C19H31NO. The zero-order chi connectivity index (χ0) is 14.8. The molecule has 2 heteroatoms. The van der Waals surface area contributed by atoms with E-state index in [4.69, 9.17) is 4.74 Å². The first-order chi connectivity index (χ1) is 10.4. The summed E-state index contributed by atoms with van der Waals surface area (Å²) >= 11 is 0. The molecule has 0 aliphatic heterocycles. The molecule has 0 saturated heterocycles. The molecule has 1 saturated carbocycles. The van der Waals surface area contributed by atoms with E-state index in [2.05, 4.69) is 42.6 Å². The van der Waals surface area contributed by atoms with E-state index in [0.717, 1.165) is 26.0 Å². The Labute approximate surface area is 130 Å². The summed E-state index contributed by atoms with van der Waals surface area (Å²) in [5, 5.41) is 3.68. The molecule has 0 aromatic heterocycles. The topological polar surface area (TPSA) is 21.3 Å². The average Bonchev–Trinajstić information content (AvgIpc) is 2.55. The number of nitrogens with one attached hydrogen (secondary N) is 1. The molecule has 1 aliphatic carbocycles. The van der Waals surface area contributed by atoms with Gasteiger partial charge in [0.1, 0.15) is 0 Å². The van der Waals surface area contributed by atoms with Gasteiger partial charge < -0.3 is 10.1 Å². The quantitative estimate of drug-likeness (QED) is 0.683. The Hall–Kier alpha value is -0.860. The molecule has 0 spiro atoms. The van der Waals surface area contributed by atoms with Gasteiger partial charge in [0, 0.05) is 12.6 Å². The molecule has 0 heterocycles. The van der Waals surface area contributed by atoms with Crippen LogP contribution in [0.3, 0.4) is 0 Å². The Balaban J connectivity index is 1.55. The van der Waals surface area contributed by atoms with Gasteiger partial charge in [-0.3, -0.25) is 0 Å². The summed E-state index contributed by atoms with van der Waals surface area (Å²) in [6.07, 6.45) is 10.7. The highest BCUT2D eigenvalue weighted by molar-refractivity contribution is 5.15. The maximum Gasteiger partial charge on any atom is 0.0575 e. The van der Waals surface area contributed by atoms with Crippen molar-refractivity contribution in [2.45, 2.75) is 70.4 Å². The standard InChI is InChI=1S/C19H31NO/c1-2-18(16-17-10-5-3-6-11-17)20-14-9-15-21-19-12-7-4-8-13-19/h3,5-6,10-11,18-20H,2,4,7-9,12-16H2,1H3. The fourth-order valence-corrected chi connectivity index (χ4v) is 3.12. The van der Waals surface area contributed by atoms with E-state index < -0.39 is 0 Å². The zero-order valence-corrected chi connectivity index (χ0v) is 13.5. The molecule has 1 aliphatic rings. The van der Waals surface area contributed by atoms with E-state index in [9.17, 15) is 0 Å². The SMILES string of the molecule is CCC(Cc1ccccc1)NCCCOC1CCCCC1. The molecule has 2 nitrogen and oxygen atoms in total. The van der Waals surface area contributed by atoms with Crippen LogP contribution in [-0.4, -0.2) is 25.3 Å². The van der Waals surface area contributed by atoms with Crippen molar-refractivity contribution < 1.29 is 4.74 Å². The van der Waals surface area contributed by atoms with Crippen LogP contribution in [0.15, 0.2) is 30.3 Å². The van der Waals surface area contributed by atoms with Crippen LogP contribution in [0, 0.1) is 0 Å². The highest BCUT2D eigenvalue weighted by Crippen LogP contribution is 2.20. The van der Waals surface area contributed by atoms with Crippen molar-refractivity contribution in [1.82, 2.24) is 5.32 Å². The number of rotatable bonds is 9. The molecule has 0 bridgehead atoms. The Kier molecular flexibility index (Phi) is 7.83. The summed E-state index contributed by atoms with van der Waals surface area (Å²) < 4.78 is 5.98. The average molecular weight is 289 g/mol. The summed E-state index contributed by atoms with van der Waals surface area (Å²) in [7, 11) is 0. The summed E-state index contributed by atoms with van der Waals surface area (Å²) in [4.78, 5) is 0. The Morgan fingerprint density at radius 2 is 1.90 bits per heavy atom. The van der Waals surface area contributed by atoms with Crippen molar-refractivity contribution >= 4 is 0 Å².